The maximum Gasteiger partial charge on any atom is 0.137 e. The van der Waals surface area contributed by atoms with Crippen molar-refractivity contribution < 1.29 is 4.39 Å². The Morgan fingerprint density at radius 2 is 2.50 bits per heavy atom. The fraction of sp³-hybridized carbons (Fsp3) is 0.714. The Hall–Kier alpha value is -0.330. The first-order valence-electron chi connectivity index (χ1n) is 3.00. The van der Waals surface area contributed by atoms with Crippen LogP contribution in [-0.4, -0.2) is 5.67 Å². The summed E-state index contributed by atoms with van der Waals surface area (Å²) < 4.78 is 12.9. The lowest BCUT2D eigenvalue weighted by Crippen LogP contribution is -2.11. The number of fused-ring (bicyclic) bond motifs is 2. The van der Waals surface area contributed by atoms with Crippen molar-refractivity contribution in [1.29, 1.82) is 0 Å². The zero-order valence-corrected chi connectivity index (χ0v) is 4.58. The molecule has 2 bridgehead atoms. The molecule has 2 aliphatic carbocycles. The summed E-state index contributed by atoms with van der Waals surface area (Å²) in [6.07, 6.45) is 7.82. The zero-order chi connectivity index (χ0) is 5.61. The van der Waals surface area contributed by atoms with Gasteiger partial charge in [0.2, 0.25) is 0 Å². The first kappa shape index (κ1) is 4.54. The molecule has 1 heteroatoms. The highest BCUT2D eigenvalue weighted by molar-refractivity contribution is 5.07. The Bertz CT molecular complexity index is 139. The highest BCUT2D eigenvalue weighted by Crippen LogP contribution is 2.43. The van der Waals surface area contributed by atoms with E-state index < -0.39 is 5.67 Å². The van der Waals surface area contributed by atoms with Crippen LogP contribution in [-0.2, 0) is 0 Å². The molecular weight excluding hydrogens is 103 g/mol. The van der Waals surface area contributed by atoms with Gasteiger partial charge < -0.3 is 0 Å². The molecule has 0 nitrogen and oxygen atoms in total. The lowest BCUT2D eigenvalue weighted by molar-refractivity contribution is 0.234. The van der Waals surface area contributed by atoms with Gasteiger partial charge in [0.25, 0.3) is 0 Å². The van der Waals surface area contributed by atoms with Crippen LogP contribution in [0.2, 0.25) is 0 Å². The average Bonchev–Trinajstić information content (AvgIpc) is 2.21. The summed E-state index contributed by atoms with van der Waals surface area (Å²) in [6, 6.07) is 0. The summed E-state index contributed by atoms with van der Waals surface area (Å²) in [6.45, 7) is 0. The van der Waals surface area contributed by atoms with Gasteiger partial charge in [-0.25, -0.2) is 4.39 Å². The van der Waals surface area contributed by atoms with E-state index in [0.717, 1.165) is 6.42 Å². The fourth-order valence-corrected chi connectivity index (χ4v) is 1.47. The molecule has 8 heavy (non-hydrogen) atoms. The summed E-state index contributed by atoms with van der Waals surface area (Å²) >= 11 is 0. The normalized spacial score (nSPS) is 50.9. The van der Waals surface area contributed by atoms with Crippen LogP contribution >= 0.6 is 0 Å². The second kappa shape index (κ2) is 1.15. The Labute approximate surface area is 48.4 Å². The monoisotopic (exact) mass is 110 g/mol. The summed E-state index contributed by atoms with van der Waals surface area (Å²) in [4.78, 5) is 0. The Kier molecular flexibility index (Phi) is 0.651. The first-order chi connectivity index (χ1) is 3.79. The third-order valence-electron chi connectivity index (χ3n) is 1.96. The molecule has 0 amide bonds. The van der Waals surface area contributed by atoms with E-state index in [2.05, 4.69) is 12.2 Å². The average molecular weight is 110 g/mol. The minimum Gasteiger partial charge on any atom is -0.239 e. The van der Waals surface area contributed by atoms with E-state index in [9.17, 15) is 4.39 Å². The zero-order valence-electron chi connectivity index (χ0n) is 4.58. The Morgan fingerprint density at radius 3 is 2.62 bits per heavy atom. The predicted octanol–water partition coefficient (Wildman–Crippen LogP) is 1.67. The van der Waals surface area contributed by atoms with Crippen LogP contribution in [0.15, 0.2) is 0 Å². The van der Waals surface area contributed by atoms with Gasteiger partial charge in [-0.15, -0.1) is 0 Å². The van der Waals surface area contributed by atoms with Gasteiger partial charge in [0.05, 0.1) is 0 Å². The molecule has 0 aromatic heterocycles. The maximum atomic E-state index is 12.9. The molecule has 0 N–H and O–H groups in total. The van der Waals surface area contributed by atoms with Crippen molar-refractivity contribution in [3.63, 3.8) is 0 Å². The molecule has 2 radical (unpaired) electrons. The van der Waals surface area contributed by atoms with Crippen molar-refractivity contribution in [1.82, 2.24) is 0 Å². The van der Waals surface area contributed by atoms with E-state index in [4.69, 9.17) is 0 Å². The molecular formula is C7H7F. The van der Waals surface area contributed by atoms with Gasteiger partial charge in [-0.3, -0.25) is 0 Å². The van der Waals surface area contributed by atoms with E-state index in [1.807, 2.05) is 0 Å². The Balaban J connectivity index is 2.33. The number of hydrogen-bond acceptors (Lipinski definition) is 0. The minimum atomic E-state index is -1.05. The van der Waals surface area contributed by atoms with Gasteiger partial charge in [-0.05, 0) is 37.3 Å². The fourth-order valence-electron chi connectivity index (χ4n) is 1.47. The molecule has 0 aromatic carbocycles. The van der Waals surface area contributed by atoms with Gasteiger partial charge in [0.15, 0.2) is 0 Å². The standard InChI is InChI=1S/C7H7F/c8-7-3-1-6(5-7)2-4-7/h6H,1,3,5H2. The summed E-state index contributed by atoms with van der Waals surface area (Å²) in [7, 11) is 0. The van der Waals surface area contributed by atoms with Crippen molar-refractivity contribution in [2.45, 2.75) is 24.9 Å². The summed E-state index contributed by atoms with van der Waals surface area (Å²) in [5.74, 6) is 0.403. The van der Waals surface area contributed by atoms with Gasteiger partial charge in [-0.2, -0.15) is 0 Å². The molecule has 0 aromatic rings. The lowest BCUT2D eigenvalue weighted by atomic mass is 10.1. The van der Waals surface area contributed by atoms with E-state index in [0.29, 0.717) is 18.8 Å². The lowest BCUT2D eigenvalue weighted by Gasteiger charge is -2.07. The highest BCUT2D eigenvalue weighted by Gasteiger charge is 2.41. The minimum absolute atomic E-state index is 0.403. The molecule has 2 unspecified atom stereocenters. The molecule has 0 aliphatic heterocycles. The molecule has 0 saturated heterocycles. The number of halogens is 1. The molecule has 42 valence electrons. The van der Waals surface area contributed by atoms with Crippen molar-refractivity contribution in [3.8, 4) is 0 Å². The van der Waals surface area contributed by atoms with E-state index in [1.54, 1.807) is 0 Å². The van der Waals surface area contributed by atoms with E-state index in [-0.39, 0.29) is 0 Å². The van der Waals surface area contributed by atoms with Crippen LogP contribution in [0.1, 0.15) is 19.3 Å². The molecule has 2 rings (SSSR count). The highest BCUT2D eigenvalue weighted by atomic mass is 19.1. The van der Waals surface area contributed by atoms with Crippen molar-refractivity contribution in [2.75, 3.05) is 0 Å². The van der Waals surface area contributed by atoms with Crippen LogP contribution in [0.4, 0.5) is 4.39 Å². The first-order valence-corrected chi connectivity index (χ1v) is 3.00. The van der Waals surface area contributed by atoms with Crippen molar-refractivity contribution in [2.24, 2.45) is 5.92 Å². The largest absolute Gasteiger partial charge is 0.239 e. The predicted molar refractivity (Wildman–Crippen MR) is 27.7 cm³/mol. The quantitative estimate of drug-likeness (QED) is 0.445. The second-order valence-electron chi connectivity index (χ2n) is 2.67. The van der Waals surface area contributed by atoms with Crippen LogP contribution in [0, 0.1) is 18.1 Å². The van der Waals surface area contributed by atoms with Crippen LogP contribution in [0.3, 0.4) is 0 Å². The van der Waals surface area contributed by atoms with Crippen LogP contribution < -0.4 is 0 Å². The number of alkyl halides is 1. The van der Waals surface area contributed by atoms with Crippen LogP contribution in [0.5, 0.6) is 0 Å². The van der Waals surface area contributed by atoms with Crippen LogP contribution in [0.25, 0.3) is 0 Å². The molecule has 1 saturated carbocycles. The third-order valence-corrected chi connectivity index (χ3v) is 1.96. The number of hydrogen-bond donors (Lipinski definition) is 0. The Morgan fingerprint density at radius 1 is 1.62 bits per heavy atom. The SMILES string of the molecule is FC12[C]=[C]C(CC1)C2. The van der Waals surface area contributed by atoms with E-state index in [1.165, 1.54) is 0 Å². The summed E-state index contributed by atoms with van der Waals surface area (Å²) in [5.41, 5.74) is -1.05. The molecule has 0 spiro atoms. The molecule has 2 aliphatic rings. The van der Waals surface area contributed by atoms with Gasteiger partial charge in [0.1, 0.15) is 5.67 Å². The maximum absolute atomic E-state index is 12.9. The third kappa shape index (κ3) is 0.445. The van der Waals surface area contributed by atoms with Gasteiger partial charge in [0, 0.05) is 0 Å². The molecule has 1 fully saturated rings. The van der Waals surface area contributed by atoms with Gasteiger partial charge in [-0.1, -0.05) is 0 Å². The topological polar surface area (TPSA) is 0 Å². The van der Waals surface area contributed by atoms with Crippen molar-refractivity contribution in [3.05, 3.63) is 12.2 Å². The molecule has 0 heterocycles. The van der Waals surface area contributed by atoms with Crippen molar-refractivity contribution >= 4 is 0 Å². The second-order valence-corrected chi connectivity index (χ2v) is 2.67. The molecule has 2 atom stereocenters. The number of allylic oxidation sites excluding steroid dienone is 2. The smallest absolute Gasteiger partial charge is 0.137 e. The van der Waals surface area contributed by atoms with Gasteiger partial charge >= 0.3 is 0 Å². The van der Waals surface area contributed by atoms with E-state index >= 15 is 0 Å². The number of rotatable bonds is 0. The summed E-state index contributed by atoms with van der Waals surface area (Å²) in [5, 5.41) is 0.